The van der Waals surface area contributed by atoms with Gasteiger partial charge in [0.1, 0.15) is 0 Å². The highest BCUT2D eigenvalue weighted by atomic mass is 35.5. The molecule has 0 aliphatic heterocycles. The Morgan fingerprint density at radius 2 is 1.69 bits per heavy atom. The van der Waals surface area contributed by atoms with Gasteiger partial charge in [-0.25, -0.2) is 4.79 Å². The Bertz CT molecular complexity index is 1010. The van der Waals surface area contributed by atoms with Crippen LogP contribution in [-0.4, -0.2) is 23.1 Å². The van der Waals surface area contributed by atoms with Crippen LogP contribution in [-0.2, 0) is 9.53 Å². The molecule has 0 aliphatic carbocycles. The zero-order valence-electron chi connectivity index (χ0n) is 16.6. The van der Waals surface area contributed by atoms with Gasteiger partial charge >= 0.3 is 5.97 Å². The summed E-state index contributed by atoms with van der Waals surface area (Å²) in [5.41, 5.74) is 4.47. The van der Waals surface area contributed by atoms with E-state index < -0.39 is 5.97 Å². The summed E-state index contributed by atoms with van der Waals surface area (Å²) in [6.45, 7) is 5.55. The first-order valence-electron chi connectivity index (χ1n) is 9.32. The summed E-state index contributed by atoms with van der Waals surface area (Å²) in [5.74, 6) is -0.913. The van der Waals surface area contributed by atoms with Crippen molar-refractivity contribution in [1.29, 1.82) is 0 Å². The summed E-state index contributed by atoms with van der Waals surface area (Å²) in [6, 6.07) is 18.2. The van der Waals surface area contributed by atoms with E-state index in [-0.39, 0.29) is 18.6 Å². The molecule has 29 heavy (non-hydrogen) atoms. The molecule has 0 radical (unpaired) electrons. The largest absolute Gasteiger partial charge is 0.452 e. The van der Waals surface area contributed by atoms with Crippen molar-refractivity contribution in [2.75, 3.05) is 6.61 Å². The number of carbonyl (C=O) groups is 2. The first-order chi connectivity index (χ1) is 13.8. The third kappa shape index (κ3) is 5.06. The highest BCUT2D eigenvalue weighted by molar-refractivity contribution is 6.30. The first-order valence-corrected chi connectivity index (χ1v) is 9.70. The van der Waals surface area contributed by atoms with E-state index in [1.807, 2.05) is 57.2 Å². The van der Waals surface area contributed by atoms with Crippen molar-refractivity contribution in [3.05, 3.63) is 88.2 Å². The average molecular weight is 411 g/mol. The van der Waals surface area contributed by atoms with E-state index in [0.29, 0.717) is 10.6 Å². The van der Waals surface area contributed by atoms with E-state index in [4.69, 9.17) is 16.3 Å². The third-order valence-corrected chi connectivity index (χ3v) is 4.93. The lowest BCUT2D eigenvalue weighted by atomic mass is 10.1. The number of ether oxygens (including phenoxy) is 1. The van der Waals surface area contributed by atoms with Crippen LogP contribution in [0.4, 0.5) is 0 Å². The minimum absolute atomic E-state index is 0.243. The van der Waals surface area contributed by atoms with Crippen LogP contribution in [0.15, 0.2) is 60.7 Å². The van der Waals surface area contributed by atoms with Crippen molar-refractivity contribution in [2.45, 2.75) is 26.8 Å². The number of hydrogen-bond donors (Lipinski definition) is 1. The van der Waals surface area contributed by atoms with Gasteiger partial charge in [-0.3, -0.25) is 4.79 Å². The summed E-state index contributed by atoms with van der Waals surface area (Å²) in [6.07, 6.45) is 0. The highest BCUT2D eigenvalue weighted by Gasteiger charge is 2.14. The molecule has 1 N–H and O–H groups in total. The minimum Gasteiger partial charge on any atom is -0.452 e. The molecule has 1 aromatic heterocycles. The predicted molar refractivity (Wildman–Crippen MR) is 114 cm³/mol. The smallest absolute Gasteiger partial charge is 0.338 e. The Morgan fingerprint density at radius 1 is 1.03 bits per heavy atom. The second-order valence-electron chi connectivity index (χ2n) is 6.92. The predicted octanol–water partition coefficient (Wildman–Crippen LogP) is 4.78. The molecule has 6 heteroatoms. The van der Waals surface area contributed by atoms with E-state index in [9.17, 15) is 9.59 Å². The first kappa shape index (κ1) is 20.7. The molecule has 1 atom stereocenters. The standard InChI is InChI=1S/C23H23ClN2O3/c1-15-7-8-16(2)26(15)21-11-9-18(10-12-21)23(28)29-14-22(27)25-17(3)19-5-4-6-20(24)13-19/h4-13,17H,14H2,1-3H3,(H,25,27)/t17-/m0/s1. The molecule has 0 unspecified atom stereocenters. The fraction of sp³-hybridized carbons (Fsp3) is 0.217. The second kappa shape index (κ2) is 8.97. The minimum atomic E-state index is -0.539. The lowest BCUT2D eigenvalue weighted by Crippen LogP contribution is -2.31. The van der Waals surface area contributed by atoms with Crippen LogP contribution in [0, 0.1) is 13.8 Å². The molecule has 1 heterocycles. The number of aryl methyl sites for hydroxylation is 2. The fourth-order valence-corrected chi connectivity index (χ4v) is 3.38. The van der Waals surface area contributed by atoms with Crippen molar-refractivity contribution in [3.8, 4) is 5.69 Å². The zero-order valence-corrected chi connectivity index (χ0v) is 17.4. The number of carbonyl (C=O) groups excluding carboxylic acids is 2. The fourth-order valence-electron chi connectivity index (χ4n) is 3.18. The maximum atomic E-state index is 12.3. The average Bonchev–Trinajstić information content (AvgIpc) is 3.04. The summed E-state index contributed by atoms with van der Waals surface area (Å²) in [7, 11) is 0. The summed E-state index contributed by atoms with van der Waals surface area (Å²) in [5, 5.41) is 3.39. The Balaban J connectivity index is 1.56. The number of nitrogens with zero attached hydrogens (tertiary/aromatic N) is 1. The van der Waals surface area contributed by atoms with Crippen LogP contribution >= 0.6 is 11.6 Å². The second-order valence-corrected chi connectivity index (χ2v) is 7.36. The molecule has 0 saturated heterocycles. The van der Waals surface area contributed by atoms with E-state index in [1.54, 1.807) is 24.3 Å². The molecule has 0 aliphatic rings. The van der Waals surface area contributed by atoms with Crippen molar-refractivity contribution in [3.63, 3.8) is 0 Å². The lowest BCUT2D eigenvalue weighted by Gasteiger charge is -2.15. The monoisotopic (exact) mass is 410 g/mol. The van der Waals surface area contributed by atoms with Crippen molar-refractivity contribution in [2.24, 2.45) is 0 Å². The number of rotatable bonds is 6. The van der Waals surface area contributed by atoms with Gasteiger partial charge in [0, 0.05) is 22.1 Å². The molecule has 1 amide bonds. The van der Waals surface area contributed by atoms with Gasteiger partial charge in [0.2, 0.25) is 0 Å². The van der Waals surface area contributed by atoms with Gasteiger partial charge in [0.15, 0.2) is 6.61 Å². The molecule has 0 saturated carbocycles. The van der Waals surface area contributed by atoms with Crippen molar-refractivity contribution < 1.29 is 14.3 Å². The number of nitrogens with one attached hydrogen (secondary N) is 1. The summed E-state index contributed by atoms with van der Waals surface area (Å²) >= 11 is 5.97. The maximum absolute atomic E-state index is 12.3. The van der Waals surface area contributed by atoms with Gasteiger partial charge in [0.05, 0.1) is 11.6 Å². The normalized spacial score (nSPS) is 11.7. The van der Waals surface area contributed by atoms with E-state index >= 15 is 0 Å². The number of halogens is 1. The quantitative estimate of drug-likeness (QED) is 0.595. The van der Waals surface area contributed by atoms with Gasteiger partial charge in [-0.2, -0.15) is 0 Å². The Kier molecular flexibility index (Phi) is 6.39. The van der Waals surface area contributed by atoms with E-state index in [1.165, 1.54) is 0 Å². The third-order valence-electron chi connectivity index (χ3n) is 4.69. The van der Waals surface area contributed by atoms with Crippen LogP contribution < -0.4 is 5.32 Å². The highest BCUT2D eigenvalue weighted by Crippen LogP contribution is 2.18. The van der Waals surface area contributed by atoms with Crippen LogP contribution in [0.3, 0.4) is 0 Å². The summed E-state index contributed by atoms with van der Waals surface area (Å²) in [4.78, 5) is 24.4. The number of amides is 1. The van der Waals surface area contributed by atoms with E-state index in [0.717, 1.165) is 22.6 Å². The molecule has 150 valence electrons. The van der Waals surface area contributed by atoms with Crippen LogP contribution in [0.1, 0.15) is 40.3 Å². The van der Waals surface area contributed by atoms with Crippen molar-refractivity contribution >= 4 is 23.5 Å². The molecule has 3 aromatic rings. The van der Waals surface area contributed by atoms with Crippen LogP contribution in [0.5, 0.6) is 0 Å². The van der Waals surface area contributed by atoms with Crippen LogP contribution in [0.2, 0.25) is 5.02 Å². The Hall–Kier alpha value is -3.05. The van der Waals surface area contributed by atoms with Crippen molar-refractivity contribution in [1.82, 2.24) is 9.88 Å². The van der Waals surface area contributed by atoms with E-state index in [2.05, 4.69) is 9.88 Å². The lowest BCUT2D eigenvalue weighted by molar-refractivity contribution is -0.124. The number of hydrogen-bond acceptors (Lipinski definition) is 3. The van der Waals surface area contributed by atoms with Gasteiger partial charge in [0.25, 0.3) is 5.91 Å². The maximum Gasteiger partial charge on any atom is 0.338 e. The molecule has 0 bridgehead atoms. The molecule has 0 fully saturated rings. The molecule has 0 spiro atoms. The molecule has 3 rings (SSSR count). The Labute approximate surface area is 175 Å². The van der Waals surface area contributed by atoms with Gasteiger partial charge in [-0.1, -0.05) is 23.7 Å². The van der Waals surface area contributed by atoms with Gasteiger partial charge in [-0.05, 0) is 74.9 Å². The molecule has 5 nitrogen and oxygen atoms in total. The topological polar surface area (TPSA) is 60.3 Å². The molecular formula is C23H23ClN2O3. The van der Waals surface area contributed by atoms with Gasteiger partial charge in [-0.15, -0.1) is 0 Å². The number of esters is 1. The zero-order chi connectivity index (χ0) is 21.0. The summed E-state index contributed by atoms with van der Waals surface area (Å²) < 4.78 is 7.24. The van der Waals surface area contributed by atoms with Crippen LogP contribution in [0.25, 0.3) is 5.69 Å². The Morgan fingerprint density at radius 3 is 2.31 bits per heavy atom. The molecule has 2 aromatic carbocycles. The number of aromatic nitrogens is 1. The molecular weight excluding hydrogens is 388 g/mol. The number of benzene rings is 2. The SMILES string of the molecule is Cc1ccc(C)n1-c1ccc(C(=O)OCC(=O)N[C@@H](C)c2cccc(Cl)c2)cc1. The van der Waals surface area contributed by atoms with Gasteiger partial charge < -0.3 is 14.6 Å².